The molecule has 156 valence electrons. The monoisotopic (exact) mass is 403 g/mol. The number of rotatable bonds is 5. The Morgan fingerprint density at radius 2 is 1.70 bits per heavy atom. The fraction of sp³-hybridized carbons (Fsp3) is 0.400. The van der Waals surface area contributed by atoms with Crippen LogP contribution in [0.2, 0.25) is 0 Å². The third-order valence-electron chi connectivity index (χ3n) is 6.11. The van der Waals surface area contributed by atoms with Gasteiger partial charge in [0.1, 0.15) is 6.54 Å². The lowest BCUT2D eigenvalue weighted by atomic mass is 9.90. The normalized spacial score (nSPS) is 17.8. The lowest BCUT2D eigenvalue weighted by Crippen LogP contribution is -2.45. The standard InChI is InChI=1S/C25H29N3O2/c1-19-7-9-22(10-8-19)23-11-12-24(29)28(26-23)18-25(30)27-15-13-21(14-16-27)17-20-5-3-2-4-6-20/h2-10,21H,11-18H2,1H3. The minimum absolute atomic E-state index is 0.00424. The van der Waals surface area contributed by atoms with Crippen molar-refractivity contribution >= 4 is 17.5 Å². The Bertz CT molecular complexity index is 913. The van der Waals surface area contributed by atoms with Gasteiger partial charge in [0.25, 0.3) is 0 Å². The third-order valence-corrected chi connectivity index (χ3v) is 6.11. The van der Waals surface area contributed by atoms with Crippen molar-refractivity contribution in [2.75, 3.05) is 19.6 Å². The number of aryl methyl sites for hydroxylation is 1. The van der Waals surface area contributed by atoms with Crippen LogP contribution in [-0.4, -0.2) is 47.1 Å². The van der Waals surface area contributed by atoms with E-state index in [0.717, 1.165) is 43.6 Å². The maximum absolute atomic E-state index is 12.8. The summed E-state index contributed by atoms with van der Waals surface area (Å²) in [6, 6.07) is 18.7. The Labute approximate surface area is 178 Å². The van der Waals surface area contributed by atoms with Crippen molar-refractivity contribution in [2.24, 2.45) is 11.0 Å². The van der Waals surface area contributed by atoms with E-state index in [2.05, 4.69) is 29.4 Å². The molecule has 1 fully saturated rings. The van der Waals surface area contributed by atoms with E-state index >= 15 is 0 Å². The van der Waals surface area contributed by atoms with Crippen LogP contribution in [0.5, 0.6) is 0 Å². The number of carbonyl (C=O) groups excluding carboxylic acids is 2. The van der Waals surface area contributed by atoms with E-state index < -0.39 is 0 Å². The van der Waals surface area contributed by atoms with E-state index in [1.165, 1.54) is 16.1 Å². The predicted octanol–water partition coefficient (Wildman–Crippen LogP) is 3.80. The van der Waals surface area contributed by atoms with Crippen LogP contribution in [0.1, 0.15) is 42.4 Å². The van der Waals surface area contributed by atoms with Crippen LogP contribution in [0.4, 0.5) is 0 Å². The first kappa shape index (κ1) is 20.3. The van der Waals surface area contributed by atoms with Gasteiger partial charge >= 0.3 is 0 Å². The minimum Gasteiger partial charge on any atom is -0.341 e. The number of hydrogen-bond acceptors (Lipinski definition) is 3. The molecule has 0 bridgehead atoms. The van der Waals surface area contributed by atoms with E-state index in [-0.39, 0.29) is 18.4 Å². The van der Waals surface area contributed by atoms with Gasteiger partial charge in [-0.3, -0.25) is 9.59 Å². The molecule has 0 unspecified atom stereocenters. The maximum atomic E-state index is 12.8. The van der Waals surface area contributed by atoms with Crippen molar-refractivity contribution < 1.29 is 9.59 Å². The first-order chi connectivity index (χ1) is 14.6. The quantitative estimate of drug-likeness (QED) is 0.762. The second-order valence-electron chi connectivity index (χ2n) is 8.38. The SMILES string of the molecule is Cc1ccc(C2=NN(CC(=O)N3CCC(Cc4ccccc4)CC3)C(=O)CC2)cc1. The molecule has 5 heteroatoms. The second kappa shape index (κ2) is 9.24. The highest BCUT2D eigenvalue weighted by atomic mass is 16.2. The van der Waals surface area contributed by atoms with Crippen LogP contribution in [0.15, 0.2) is 59.7 Å². The zero-order valence-corrected chi connectivity index (χ0v) is 17.6. The van der Waals surface area contributed by atoms with Crippen LogP contribution in [0.25, 0.3) is 0 Å². The molecule has 1 saturated heterocycles. The molecule has 2 aliphatic rings. The Kier molecular flexibility index (Phi) is 6.26. The summed E-state index contributed by atoms with van der Waals surface area (Å²) in [4.78, 5) is 27.1. The summed E-state index contributed by atoms with van der Waals surface area (Å²) in [5.74, 6) is 0.535. The molecule has 0 radical (unpaired) electrons. The molecule has 30 heavy (non-hydrogen) atoms. The topological polar surface area (TPSA) is 53.0 Å². The molecule has 0 aliphatic carbocycles. The van der Waals surface area contributed by atoms with Gasteiger partial charge in [-0.25, -0.2) is 5.01 Å². The number of carbonyl (C=O) groups is 2. The average Bonchev–Trinajstić information content (AvgIpc) is 2.77. The first-order valence-electron chi connectivity index (χ1n) is 10.8. The van der Waals surface area contributed by atoms with E-state index in [1.54, 1.807) is 0 Å². The van der Waals surface area contributed by atoms with Crippen molar-refractivity contribution in [1.29, 1.82) is 0 Å². The van der Waals surface area contributed by atoms with Crippen molar-refractivity contribution in [3.05, 3.63) is 71.3 Å². The molecule has 0 spiro atoms. The zero-order chi connectivity index (χ0) is 20.9. The highest BCUT2D eigenvalue weighted by Gasteiger charge is 2.28. The summed E-state index contributed by atoms with van der Waals surface area (Å²) < 4.78 is 0. The Balaban J connectivity index is 1.33. The van der Waals surface area contributed by atoms with Crippen LogP contribution >= 0.6 is 0 Å². The summed E-state index contributed by atoms with van der Waals surface area (Å²) in [6.07, 6.45) is 4.10. The van der Waals surface area contributed by atoms with Gasteiger partial charge < -0.3 is 4.90 Å². The number of likely N-dealkylation sites (tertiary alicyclic amines) is 1. The highest BCUT2D eigenvalue weighted by Crippen LogP contribution is 2.22. The van der Waals surface area contributed by atoms with Crippen molar-refractivity contribution in [1.82, 2.24) is 9.91 Å². The number of piperidine rings is 1. The Morgan fingerprint density at radius 3 is 2.40 bits per heavy atom. The Hall–Kier alpha value is -2.95. The maximum Gasteiger partial charge on any atom is 0.244 e. The lowest BCUT2D eigenvalue weighted by molar-refractivity contribution is -0.141. The number of benzene rings is 2. The van der Waals surface area contributed by atoms with Crippen LogP contribution in [0.3, 0.4) is 0 Å². The van der Waals surface area contributed by atoms with Gasteiger partial charge in [-0.15, -0.1) is 0 Å². The van der Waals surface area contributed by atoms with Gasteiger partial charge in [0, 0.05) is 25.9 Å². The van der Waals surface area contributed by atoms with E-state index in [4.69, 9.17) is 0 Å². The van der Waals surface area contributed by atoms with Crippen molar-refractivity contribution in [3.63, 3.8) is 0 Å². The van der Waals surface area contributed by atoms with E-state index in [0.29, 0.717) is 18.8 Å². The number of hydrogen-bond donors (Lipinski definition) is 0. The molecule has 0 atom stereocenters. The van der Waals surface area contributed by atoms with Crippen LogP contribution in [0, 0.1) is 12.8 Å². The summed E-state index contributed by atoms with van der Waals surface area (Å²) >= 11 is 0. The zero-order valence-electron chi connectivity index (χ0n) is 17.6. The summed E-state index contributed by atoms with van der Waals surface area (Å²) in [7, 11) is 0. The average molecular weight is 404 g/mol. The molecule has 2 amide bonds. The fourth-order valence-corrected chi connectivity index (χ4v) is 4.24. The van der Waals surface area contributed by atoms with Crippen LogP contribution in [-0.2, 0) is 16.0 Å². The third kappa shape index (κ3) is 4.96. The van der Waals surface area contributed by atoms with Crippen molar-refractivity contribution in [2.45, 2.75) is 39.0 Å². The van der Waals surface area contributed by atoms with Crippen molar-refractivity contribution in [3.8, 4) is 0 Å². The molecule has 0 saturated carbocycles. The molecule has 2 aromatic carbocycles. The van der Waals surface area contributed by atoms with Gasteiger partial charge in [-0.1, -0.05) is 60.2 Å². The summed E-state index contributed by atoms with van der Waals surface area (Å²) in [6.45, 7) is 3.60. The van der Waals surface area contributed by atoms with Crippen LogP contribution < -0.4 is 0 Å². The predicted molar refractivity (Wildman–Crippen MR) is 118 cm³/mol. The smallest absolute Gasteiger partial charge is 0.244 e. The van der Waals surface area contributed by atoms with E-state index in [9.17, 15) is 9.59 Å². The number of nitrogens with zero attached hydrogens (tertiary/aromatic N) is 3. The molecule has 4 rings (SSSR count). The molecule has 5 nitrogen and oxygen atoms in total. The molecule has 2 heterocycles. The number of hydrazone groups is 1. The summed E-state index contributed by atoms with van der Waals surface area (Å²) in [5.41, 5.74) is 4.45. The molecule has 2 aliphatic heterocycles. The fourth-order valence-electron chi connectivity index (χ4n) is 4.24. The number of amides is 2. The summed E-state index contributed by atoms with van der Waals surface area (Å²) in [5, 5.41) is 5.89. The minimum atomic E-state index is -0.0711. The molecule has 0 aromatic heterocycles. The van der Waals surface area contributed by atoms with Gasteiger partial charge in [0.05, 0.1) is 5.71 Å². The molecule has 2 aromatic rings. The Morgan fingerprint density at radius 1 is 1.00 bits per heavy atom. The first-order valence-corrected chi connectivity index (χ1v) is 10.8. The van der Waals surface area contributed by atoms with Gasteiger partial charge in [-0.05, 0) is 43.2 Å². The highest BCUT2D eigenvalue weighted by molar-refractivity contribution is 6.04. The second-order valence-corrected chi connectivity index (χ2v) is 8.38. The molecular weight excluding hydrogens is 374 g/mol. The largest absolute Gasteiger partial charge is 0.341 e. The molecular formula is C25H29N3O2. The van der Waals surface area contributed by atoms with Gasteiger partial charge in [0.15, 0.2) is 0 Å². The van der Waals surface area contributed by atoms with Gasteiger partial charge in [0.2, 0.25) is 11.8 Å². The lowest BCUT2D eigenvalue weighted by Gasteiger charge is -2.33. The van der Waals surface area contributed by atoms with E-state index in [1.807, 2.05) is 42.2 Å². The molecule has 0 N–H and O–H groups in total. The van der Waals surface area contributed by atoms with Gasteiger partial charge in [-0.2, -0.15) is 5.10 Å².